The number of hydrogen-bond acceptors (Lipinski definition) is 7. The Bertz CT molecular complexity index is 874. The van der Waals surface area contributed by atoms with Gasteiger partial charge in [0.2, 0.25) is 5.91 Å². The molecule has 128 valence electrons. The van der Waals surface area contributed by atoms with Crippen molar-refractivity contribution in [2.75, 3.05) is 5.75 Å². The Balaban J connectivity index is 1.64. The molecule has 1 amide bonds. The fourth-order valence-corrected chi connectivity index (χ4v) is 3.49. The molecule has 6 nitrogen and oxygen atoms in total. The maximum absolute atomic E-state index is 12.3. The van der Waals surface area contributed by atoms with E-state index in [1.807, 2.05) is 17.5 Å². The molecule has 2 heterocycles. The number of thioether (sulfide) groups is 1. The first-order chi connectivity index (χ1) is 12.1. The quantitative estimate of drug-likeness (QED) is 0.503. The van der Waals surface area contributed by atoms with Crippen molar-refractivity contribution in [3.05, 3.63) is 59.1 Å². The lowest BCUT2D eigenvalue weighted by Gasteiger charge is -2.07. The molecular formula is C17H14N2O4S2. The lowest BCUT2D eigenvalue weighted by molar-refractivity contribution is -0.115. The van der Waals surface area contributed by atoms with Crippen molar-refractivity contribution in [1.82, 2.24) is 5.16 Å². The van der Waals surface area contributed by atoms with E-state index >= 15 is 0 Å². The highest BCUT2D eigenvalue weighted by atomic mass is 32.2. The van der Waals surface area contributed by atoms with E-state index in [2.05, 4.69) is 5.16 Å². The van der Waals surface area contributed by atoms with E-state index < -0.39 is 11.9 Å². The normalized spacial score (nSPS) is 10.6. The van der Waals surface area contributed by atoms with E-state index in [1.54, 1.807) is 30.3 Å². The number of thiophene rings is 1. The number of rotatable bonds is 7. The Morgan fingerprint density at radius 2 is 2.08 bits per heavy atom. The summed E-state index contributed by atoms with van der Waals surface area (Å²) < 4.78 is 10.6. The van der Waals surface area contributed by atoms with Crippen LogP contribution in [0, 0.1) is 0 Å². The largest absolute Gasteiger partial charge is 0.455 e. The van der Waals surface area contributed by atoms with Crippen molar-refractivity contribution in [1.29, 1.82) is 0 Å². The van der Waals surface area contributed by atoms with E-state index in [4.69, 9.17) is 15.0 Å². The number of nitrogens with zero attached hydrogens (tertiary/aromatic N) is 1. The monoisotopic (exact) mass is 374 g/mol. The van der Waals surface area contributed by atoms with E-state index in [-0.39, 0.29) is 12.4 Å². The molecule has 0 saturated heterocycles. The Hall–Kier alpha value is -2.58. The lowest BCUT2D eigenvalue weighted by Crippen LogP contribution is -2.14. The zero-order chi connectivity index (χ0) is 17.6. The third-order valence-corrected chi connectivity index (χ3v) is 5.13. The van der Waals surface area contributed by atoms with Gasteiger partial charge in [0, 0.05) is 11.0 Å². The molecule has 0 aliphatic carbocycles. The number of benzene rings is 1. The highest BCUT2D eigenvalue weighted by Crippen LogP contribution is 2.26. The Morgan fingerprint density at radius 3 is 2.84 bits per heavy atom. The number of aromatic nitrogens is 1. The van der Waals surface area contributed by atoms with E-state index in [0.29, 0.717) is 21.9 Å². The molecule has 0 bridgehead atoms. The number of amides is 1. The van der Waals surface area contributed by atoms with Crippen LogP contribution >= 0.6 is 23.1 Å². The van der Waals surface area contributed by atoms with Gasteiger partial charge in [0.15, 0.2) is 5.76 Å². The number of primary amides is 1. The molecule has 2 N–H and O–H groups in total. The summed E-state index contributed by atoms with van der Waals surface area (Å²) in [6, 6.07) is 12.5. The number of nitrogens with two attached hydrogens (primary N) is 1. The predicted molar refractivity (Wildman–Crippen MR) is 95.3 cm³/mol. The lowest BCUT2D eigenvalue weighted by atomic mass is 10.2. The molecule has 0 spiro atoms. The smallest absolute Gasteiger partial charge is 0.339 e. The maximum Gasteiger partial charge on any atom is 0.339 e. The second-order valence-electron chi connectivity index (χ2n) is 4.99. The van der Waals surface area contributed by atoms with Gasteiger partial charge in [0.25, 0.3) is 0 Å². The Labute approximate surface area is 152 Å². The molecular weight excluding hydrogens is 360 g/mol. The van der Waals surface area contributed by atoms with Crippen LogP contribution in [0.2, 0.25) is 0 Å². The summed E-state index contributed by atoms with van der Waals surface area (Å²) in [5.41, 5.74) is 6.06. The van der Waals surface area contributed by atoms with Gasteiger partial charge in [-0.05, 0) is 23.6 Å². The van der Waals surface area contributed by atoms with Crippen molar-refractivity contribution < 1.29 is 18.8 Å². The van der Waals surface area contributed by atoms with Gasteiger partial charge in [-0.3, -0.25) is 4.79 Å². The fourth-order valence-electron chi connectivity index (χ4n) is 2.04. The average molecular weight is 374 g/mol. The van der Waals surface area contributed by atoms with Gasteiger partial charge in [-0.2, -0.15) is 0 Å². The minimum Gasteiger partial charge on any atom is -0.455 e. The Morgan fingerprint density at radius 1 is 1.24 bits per heavy atom. The summed E-state index contributed by atoms with van der Waals surface area (Å²) in [6.07, 6.45) is 0. The molecule has 2 aromatic heterocycles. The Kier molecular flexibility index (Phi) is 5.52. The van der Waals surface area contributed by atoms with Crippen LogP contribution in [0.5, 0.6) is 0 Å². The van der Waals surface area contributed by atoms with Crippen LogP contribution in [-0.2, 0) is 16.1 Å². The number of esters is 1. The first-order valence-corrected chi connectivity index (χ1v) is 9.17. The molecule has 0 atom stereocenters. The van der Waals surface area contributed by atoms with Crippen LogP contribution in [0.15, 0.2) is 57.3 Å². The molecule has 0 aliphatic heterocycles. The average Bonchev–Trinajstić information content (AvgIpc) is 3.29. The van der Waals surface area contributed by atoms with Crippen molar-refractivity contribution in [2.24, 2.45) is 5.73 Å². The summed E-state index contributed by atoms with van der Waals surface area (Å²) in [6.45, 7) is 0.00251. The van der Waals surface area contributed by atoms with Crippen molar-refractivity contribution in [3.8, 4) is 10.6 Å². The second kappa shape index (κ2) is 8.00. The minimum absolute atomic E-state index is 0.00251. The zero-order valence-electron chi connectivity index (χ0n) is 13.0. The van der Waals surface area contributed by atoms with Gasteiger partial charge in [-0.1, -0.05) is 23.4 Å². The standard InChI is InChI=1S/C17H14N2O4S2/c18-16(20)10-25-14-5-2-1-4-12(14)17(21)22-9-11-8-13(23-19-11)15-6-3-7-24-15/h1-8H,9-10H2,(H2,18,20). The van der Waals surface area contributed by atoms with Gasteiger partial charge in [-0.15, -0.1) is 23.1 Å². The molecule has 0 radical (unpaired) electrons. The van der Waals surface area contributed by atoms with E-state index in [1.165, 1.54) is 23.1 Å². The molecule has 3 rings (SSSR count). The first kappa shape index (κ1) is 17.2. The van der Waals surface area contributed by atoms with E-state index in [9.17, 15) is 9.59 Å². The summed E-state index contributed by atoms with van der Waals surface area (Å²) in [5.74, 6) is -0.207. The number of hydrogen-bond donors (Lipinski definition) is 1. The summed E-state index contributed by atoms with van der Waals surface area (Å²) in [7, 11) is 0. The van der Waals surface area contributed by atoms with E-state index in [0.717, 1.165) is 4.88 Å². The van der Waals surface area contributed by atoms with Gasteiger partial charge in [0.1, 0.15) is 12.3 Å². The summed E-state index contributed by atoms with van der Waals surface area (Å²) in [4.78, 5) is 24.8. The van der Waals surface area contributed by atoms with Gasteiger partial charge in [0.05, 0.1) is 16.2 Å². The molecule has 0 saturated carbocycles. The predicted octanol–water partition coefficient (Wildman–Crippen LogP) is 3.34. The third-order valence-electron chi connectivity index (χ3n) is 3.15. The molecule has 0 aliphatic rings. The van der Waals surface area contributed by atoms with Gasteiger partial charge < -0.3 is 15.0 Å². The van der Waals surface area contributed by atoms with Crippen LogP contribution in [0.1, 0.15) is 16.1 Å². The van der Waals surface area contributed by atoms with Crippen molar-refractivity contribution in [2.45, 2.75) is 11.5 Å². The van der Waals surface area contributed by atoms with Crippen LogP contribution < -0.4 is 5.73 Å². The molecule has 1 aromatic carbocycles. The first-order valence-electron chi connectivity index (χ1n) is 7.30. The highest BCUT2D eigenvalue weighted by molar-refractivity contribution is 8.00. The van der Waals surface area contributed by atoms with Crippen molar-refractivity contribution >= 4 is 35.0 Å². The molecule has 0 unspecified atom stereocenters. The topological polar surface area (TPSA) is 95.4 Å². The van der Waals surface area contributed by atoms with Crippen LogP contribution in [-0.4, -0.2) is 22.8 Å². The zero-order valence-corrected chi connectivity index (χ0v) is 14.6. The van der Waals surface area contributed by atoms with Gasteiger partial charge in [-0.25, -0.2) is 4.79 Å². The summed E-state index contributed by atoms with van der Waals surface area (Å²) in [5, 5.41) is 5.85. The SMILES string of the molecule is NC(=O)CSc1ccccc1C(=O)OCc1cc(-c2cccs2)on1. The van der Waals surface area contributed by atoms with Crippen LogP contribution in [0.3, 0.4) is 0 Å². The van der Waals surface area contributed by atoms with Crippen molar-refractivity contribution in [3.63, 3.8) is 0 Å². The summed E-state index contributed by atoms with van der Waals surface area (Å²) >= 11 is 2.74. The highest BCUT2D eigenvalue weighted by Gasteiger charge is 2.15. The molecule has 25 heavy (non-hydrogen) atoms. The number of ether oxygens (including phenoxy) is 1. The number of carbonyl (C=O) groups excluding carboxylic acids is 2. The molecule has 3 aromatic rings. The fraction of sp³-hybridized carbons (Fsp3) is 0.118. The van der Waals surface area contributed by atoms with Crippen LogP contribution in [0.25, 0.3) is 10.6 Å². The molecule has 0 fully saturated rings. The minimum atomic E-state index is -0.492. The third kappa shape index (κ3) is 4.49. The van der Waals surface area contributed by atoms with Crippen LogP contribution in [0.4, 0.5) is 0 Å². The van der Waals surface area contributed by atoms with Gasteiger partial charge >= 0.3 is 5.97 Å². The maximum atomic E-state index is 12.3. The number of carbonyl (C=O) groups is 2. The molecule has 8 heteroatoms. The second-order valence-corrected chi connectivity index (χ2v) is 6.95.